The molecule has 120 valence electrons. The van der Waals surface area contributed by atoms with Gasteiger partial charge in [-0.1, -0.05) is 0 Å². The second-order valence-electron chi connectivity index (χ2n) is 5.05. The quantitative estimate of drug-likeness (QED) is 0.830. The lowest BCUT2D eigenvalue weighted by atomic mass is 10.2. The SMILES string of the molecule is CCN(CC(=O)Nc1ccc2c(c1)OCCO2)C(=O)[C@H](C)N. The fraction of sp³-hybridized carbons (Fsp3) is 0.467. The number of nitrogens with zero attached hydrogens (tertiary/aromatic N) is 1. The van der Waals surface area contributed by atoms with Crippen LogP contribution in [0.4, 0.5) is 5.69 Å². The van der Waals surface area contributed by atoms with Crippen molar-refractivity contribution in [3.63, 3.8) is 0 Å². The number of nitrogens with two attached hydrogens (primary N) is 1. The second-order valence-corrected chi connectivity index (χ2v) is 5.05. The van der Waals surface area contributed by atoms with E-state index in [1.54, 1.807) is 32.0 Å². The van der Waals surface area contributed by atoms with Gasteiger partial charge in [0.05, 0.1) is 12.6 Å². The highest BCUT2D eigenvalue weighted by Crippen LogP contribution is 2.32. The molecule has 0 saturated heterocycles. The van der Waals surface area contributed by atoms with Crippen LogP contribution in [0.3, 0.4) is 0 Å². The molecule has 0 radical (unpaired) electrons. The topological polar surface area (TPSA) is 93.9 Å². The molecule has 0 fully saturated rings. The van der Waals surface area contributed by atoms with Gasteiger partial charge in [-0.25, -0.2) is 0 Å². The van der Waals surface area contributed by atoms with E-state index in [1.165, 1.54) is 4.90 Å². The Kier molecular flexibility index (Phi) is 5.21. The molecule has 1 aliphatic heterocycles. The number of rotatable bonds is 5. The number of carbonyl (C=O) groups is 2. The molecule has 7 heteroatoms. The van der Waals surface area contributed by atoms with E-state index in [9.17, 15) is 9.59 Å². The number of benzene rings is 1. The molecule has 0 aliphatic carbocycles. The summed E-state index contributed by atoms with van der Waals surface area (Å²) < 4.78 is 10.9. The molecule has 1 atom stereocenters. The number of likely N-dealkylation sites (N-methyl/N-ethyl adjacent to an activating group) is 1. The minimum Gasteiger partial charge on any atom is -0.486 e. The molecule has 0 unspecified atom stereocenters. The van der Waals surface area contributed by atoms with Crippen LogP contribution in [0, 0.1) is 0 Å². The molecule has 0 spiro atoms. The maximum atomic E-state index is 12.1. The predicted octanol–water partition coefficient (Wildman–Crippen LogP) is 0.592. The molecule has 22 heavy (non-hydrogen) atoms. The number of nitrogens with one attached hydrogen (secondary N) is 1. The molecule has 1 aliphatic rings. The summed E-state index contributed by atoms with van der Waals surface area (Å²) in [7, 11) is 0. The monoisotopic (exact) mass is 307 g/mol. The lowest BCUT2D eigenvalue weighted by Gasteiger charge is -2.22. The molecule has 2 amide bonds. The maximum absolute atomic E-state index is 12.1. The van der Waals surface area contributed by atoms with Crippen molar-refractivity contribution in [3.05, 3.63) is 18.2 Å². The minimum atomic E-state index is -0.623. The third kappa shape index (κ3) is 3.88. The number of carbonyl (C=O) groups excluding carboxylic acids is 2. The predicted molar refractivity (Wildman–Crippen MR) is 82.0 cm³/mol. The number of amides is 2. The summed E-state index contributed by atoms with van der Waals surface area (Å²) >= 11 is 0. The highest BCUT2D eigenvalue weighted by atomic mass is 16.6. The average molecular weight is 307 g/mol. The fourth-order valence-corrected chi connectivity index (χ4v) is 2.13. The van der Waals surface area contributed by atoms with E-state index >= 15 is 0 Å². The number of hydrogen-bond acceptors (Lipinski definition) is 5. The van der Waals surface area contributed by atoms with Crippen molar-refractivity contribution in [1.82, 2.24) is 4.90 Å². The number of hydrogen-bond donors (Lipinski definition) is 2. The third-order valence-electron chi connectivity index (χ3n) is 3.24. The van der Waals surface area contributed by atoms with Crippen LogP contribution in [0.25, 0.3) is 0 Å². The van der Waals surface area contributed by atoms with E-state index < -0.39 is 6.04 Å². The normalized spacial score (nSPS) is 14.1. The standard InChI is InChI=1S/C15H21N3O4/c1-3-18(15(20)10(2)16)9-14(19)17-11-4-5-12-13(8-11)22-7-6-21-12/h4-5,8,10H,3,6-7,9,16H2,1-2H3,(H,17,19)/t10-/m0/s1. The lowest BCUT2D eigenvalue weighted by Crippen LogP contribution is -2.45. The molecule has 2 rings (SSSR count). The van der Waals surface area contributed by atoms with Gasteiger partial charge in [0.25, 0.3) is 0 Å². The van der Waals surface area contributed by atoms with Gasteiger partial charge in [0, 0.05) is 18.3 Å². The minimum absolute atomic E-state index is 0.0364. The van der Waals surface area contributed by atoms with Crippen molar-refractivity contribution in [2.75, 3.05) is 31.6 Å². The van der Waals surface area contributed by atoms with Crippen molar-refractivity contribution in [1.29, 1.82) is 0 Å². The van der Waals surface area contributed by atoms with E-state index in [-0.39, 0.29) is 18.4 Å². The summed E-state index contributed by atoms with van der Waals surface area (Å²) in [6.07, 6.45) is 0. The van der Waals surface area contributed by atoms with Crippen LogP contribution in [0.1, 0.15) is 13.8 Å². The maximum Gasteiger partial charge on any atom is 0.243 e. The van der Waals surface area contributed by atoms with Crippen LogP contribution in [0.5, 0.6) is 11.5 Å². The van der Waals surface area contributed by atoms with Gasteiger partial charge in [0.2, 0.25) is 11.8 Å². The Morgan fingerprint density at radius 1 is 1.32 bits per heavy atom. The molecule has 1 aromatic rings. The van der Waals surface area contributed by atoms with Crippen LogP contribution in [-0.4, -0.2) is 49.1 Å². The van der Waals surface area contributed by atoms with Gasteiger partial charge in [-0.15, -0.1) is 0 Å². The van der Waals surface area contributed by atoms with Gasteiger partial charge in [-0.05, 0) is 26.0 Å². The Bertz CT molecular complexity index is 560. The van der Waals surface area contributed by atoms with Crippen molar-refractivity contribution >= 4 is 17.5 Å². The second kappa shape index (κ2) is 7.13. The largest absolute Gasteiger partial charge is 0.486 e. The van der Waals surface area contributed by atoms with Crippen LogP contribution < -0.4 is 20.5 Å². The van der Waals surface area contributed by atoms with Crippen LogP contribution in [0.15, 0.2) is 18.2 Å². The zero-order valence-corrected chi connectivity index (χ0v) is 12.8. The highest BCUT2D eigenvalue weighted by Gasteiger charge is 2.19. The van der Waals surface area contributed by atoms with Gasteiger partial charge in [0.1, 0.15) is 13.2 Å². The number of fused-ring (bicyclic) bond motifs is 1. The molecule has 3 N–H and O–H groups in total. The van der Waals surface area contributed by atoms with E-state index in [4.69, 9.17) is 15.2 Å². The first-order valence-corrected chi connectivity index (χ1v) is 7.25. The molecule has 7 nitrogen and oxygen atoms in total. The first-order chi connectivity index (χ1) is 10.5. The molecule has 0 saturated carbocycles. The first kappa shape index (κ1) is 16.1. The van der Waals surface area contributed by atoms with Gasteiger partial charge in [0.15, 0.2) is 11.5 Å². The summed E-state index contributed by atoms with van der Waals surface area (Å²) in [5.41, 5.74) is 6.16. The number of anilines is 1. The van der Waals surface area contributed by atoms with Crippen molar-refractivity contribution in [3.8, 4) is 11.5 Å². The lowest BCUT2D eigenvalue weighted by molar-refractivity contribution is -0.135. The summed E-state index contributed by atoms with van der Waals surface area (Å²) in [5.74, 6) is 0.724. The summed E-state index contributed by atoms with van der Waals surface area (Å²) in [6.45, 7) is 4.79. The van der Waals surface area contributed by atoms with Gasteiger partial charge in [-0.3, -0.25) is 9.59 Å². The molecule has 0 bridgehead atoms. The van der Waals surface area contributed by atoms with Gasteiger partial charge < -0.3 is 25.4 Å². The summed E-state index contributed by atoms with van der Waals surface area (Å²) in [5, 5.41) is 2.74. The fourth-order valence-electron chi connectivity index (χ4n) is 2.13. The Balaban J connectivity index is 1.98. The molecule has 1 aromatic carbocycles. The van der Waals surface area contributed by atoms with Crippen LogP contribution >= 0.6 is 0 Å². The zero-order chi connectivity index (χ0) is 16.1. The molecular formula is C15H21N3O4. The van der Waals surface area contributed by atoms with Crippen molar-refractivity contribution in [2.24, 2.45) is 5.73 Å². The third-order valence-corrected chi connectivity index (χ3v) is 3.24. The summed E-state index contributed by atoms with van der Waals surface area (Å²) in [6, 6.07) is 4.56. The smallest absolute Gasteiger partial charge is 0.243 e. The van der Waals surface area contributed by atoms with Gasteiger partial charge >= 0.3 is 0 Å². The van der Waals surface area contributed by atoms with E-state index in [0.29, 0.717) is 36.9 Å². The summed E-state index contributed by atoms with van der Waals surface area (Å²) in [4.78, 5) is 25.3. The van der Waals surface area contributed by atoms with Gasteiger partial charge in [-0.2, -0.15) is 0 Å². The first-order valence-electron chi connectivity index (χ1n) is 7.25. The van der Waals surface area contributed by atoms with Crippen LogP contribution in [0.2, 0.25) is 0 Å². The Labute approximate surface area is 129 Å². The van der Waals surface area contributed by atoms with E-state index in [1.807, 2.05) is 0 Å². The van der Waals surface area contributed by atoms with E-state index in [0.717, 1.165) is 0 Å². The molecule has 1 heterocycles. The Morgan fingerprint density at radius 3 is 2.64 bits per heavy atom. The Morgan fingerprint density at radius 2 is 2.00 bits per heavy atom. The van der Waals surface area contributed by atoms with Crippen LogP contribution in [-0.2, 0) is 9.59 Å². The van der Waals surface area contributed by atoms with Crippen molar-refractivity contribution in [2.45, 2.75) is 19.9 Å². The molecular weight excluding hydrogens is 286 g/mol. The highest BCUT2D eigenvalue weighted by molar-refractivity contribution is 5.95. The number of ether oxygens (including phenoxy) is 2. The zero-order valence-electron chi connectivity index (χ0n) is 12.8. The Hall–Kier alpha value is -2.28. The average Bonchev–Trinajstić information content (AvgIpc) is 2.51. The molecule has 0 aromatic heterocycles. The van der Waals surface area contributed by atoms with Crippen molar-refractivity contribution < 1.29 is 19.1 Å². The van der Waals surface area contributed by atoms with E-state index in [2.05, 4.69) is 5.32 Å².